The molecule has 2 aliphatic carbocycles. The lowest BCUT2D eigenvalue weighted by atomic mass is 9.79. The number of halogens is 1. The van der Waals surface area contributed by atoms with Crippen molar-refractivity contribution >= 4 is 29.4 Å². The van der Waals surface area contributed by atoms with Crippen LogP contribution in [0.3, 0.4) is 0 Å². The summed E-state index contributed by atoms with van der Waals surface area (Å²) in [6, 6.07) is 3.46. The second-order valence-corrected chi connectivity index (χ2v) is 8.71. The molecule has 2 amide bonds. The van der Waals surface area contributed by atoms with E-state index in [1.54, 1.807) is 12.1 Å². The minimum Gasteiger partial charge on any atom is -0.484 e. The summed E-state index contributed by atoms with van der Waals surface area (Å²) < 4.78 is 5.48. The summed E-state index contributed by atoms with van der Waals surface area (Å²) in [6.45, 7) is 7.31. The molecule has 0 aliphatic heterocycles. The number of benzene rings is 1. The van der Waals surface area contributed by atoms with Crippen LogP contribution in [0.4, 0.5) is 0 Å². The summed E-state index contributed by atoms with van der Waals surface area (Å²) in [5.74, 6) is -3.12. The van der Waals surface area contributed by atoms with Crippen LogP contribution in [0.5, 0.6) is 5.75 Å². The molecule has 0 heterocycles. The number of aliphatic carboxylic acids is 1. The summed E-state index contributed by atoms with van der Waals surface area (Å²) in [6.07, 6.45) is 1.57. The molecule has 3 N–H and O–H groups in total. The number of nitrogens with one attached hydrogen (secondary N) is 2. The summed E-state index contributed by atoms with van der Waals surface area (Å²) in [5, 5.41) is 10.3. The van der Waals surface area contributed by atoms with Gasteiger partial charge in [-0.25, -0.2) is 0 Å². The van der Waals surface area contributed by atoms with Crippen LogP contribution in [-0.4, -0.2) is 29.5 Å². The van der Waals surface area contributed by atoms with Crippen molar-refractivity contribution in [3.63, 3.8) is 0 Å². The Kier molecular flexibility index (Phi) is 6.41. The first-order valence-electron chi connectivity index (χ1n) is 10.00. The normalized spacial score (nSPS) is 24.5. The molecule has 2 fully saturated rings. The third kappa shape index (κ3) is 4.17. The van der Waals surface area contributed by atoms with E-state index in [0.717, 1.165) is 35.1 Å². The van der Waals surface area contributed by atoms with Crippen molar-refractivity contribution in [2.45, 2.75) is 40.5 Å². The first-order chi connectivity index (χ1) is 14.1. The van der Waals surface area contributed by atoms with Gasteiger partial charge in [0.25, 0.3) is 5.91 Å². The summed E-state index contributed by atoms with van der Waals surface area (Å²) in [5.41, 5.74) is 8.58. The molecule has 0 unspecified atom stereocenters. The maximum Gasteiger partial charge on any atom is 0.307 e. The molecule has 162 valence electrons. The van der Waals surface area contributed by atoms with Gasteiger partial charge in [-0.1, -0.05) is 22.7 Å². The van der Waals surface area contributed by atoms with Crippen LogP contribution in [0.15, 0.2) is 23.3 Å². The lowest BCUT2D eigenvalue weighted by molar-refractivity contribution is -0.150. The fraction of sp³-hybridized carbons (Fsp3) is 0.500. The van der Waals surface area contributed by atoms with Gasteiger partial charge in [-0.15, -0.1) is 0 Å². The van der Waals surface area contributed by atoms with Crippen LogP contribution >= 0.6 is 11.6 Å². The fourth-order valence-corrected chi connectivity index (χ4v) is 5.10. The van der Waals surface area contributed by atoms with Gasteiger partial charge >= 0.3 is 5.97 Å². The highest BCUT2D eigenvalue weighted by Gasteiger charge is 2.57. The summed E-state index contributed by atoms with van der Waals surface area (Å²) in [7, 11) is 0. The van der Waals surface area contributed by atoms with E-state index in [2.05, 4.69) is 10.9 Å². The Labute approximate surface area is 180 Å². The van der Waals surface area contributed by atoms with Gasteiger partial charge in [0.1, 0.15) is 5.75 Å². The van der Waals surface area contributed by atoms with Gasteiger partial charge in [0, 0.05) is 5.02 Å². The highest BCUT2D eigenvalue weighted by atomic mass is 35.5. The second kappa shape index (κ2) is 8.68. The number of amides is 2. The molecule has 2 saturated carbocycles. The number of carbonyl (C=O) groups is 3. The number of rotatable bonds is 5. The molecule has 1 aromatic rings. The third-order valence-corrected chi connectivity index (χ3v) is 6.71. The van der Waals surface area contributed by atoms with Gasteiger partial charge in [-0.05, 0) is 75.6 Å². The fourth-order valence-electron chi connectivity index (χ4n) is 4.99. The van der Waals surface area contributed by atoms with Crippen molar-refractivity contribution in [1.29, 1.82) is 0 Å². The van der Waals surface area contributed by atoms with Crippen molar-refractivity contribution in [3.05, 3.63) is 39.4 Å². The van der Waals surface area contributed by atoms with E-state index in [1.807, 2.05) is 27.7 Å². The Morgan fingerprint density at radius 3 is 2.17 bits per heavy atom. The molecular formula is C22H27ClN2O5. The molecule has 2 aliphatic rings. The van der Waals surface area contributed by atoms with E-state index in [9.17, 15) is 19.5 Å². The number of carbonyl (C=O) groups excluding carboxylic acids is 2. The number of hydrazine groups is 1. The summed E-state index contributed by atoms with van der Waals surface area (Å²) in [4.78, 5) is 36.7. The average molecular weight is 435 g/mol. The van der Waals surface area contributed by atoms with Crippen LogP contribution in [-0.2, 0) is 14.4 Å². The quantitative estimate of drug-likeness (QED) is 0.487. The average Bonchev–Trinajstić information content (AvgIpc) is 3.25. The SMILES string of the molecule is CC(C)=C1[C@H]2CC[C@@H]1[C@@H](C(=O)O)[C@@H]2C(=O)NNC(=O)COc1cc(C)c(Cl)c(C)c1. The van der Waals surface area contributed by atoms with E-state index in [0.29, 0.717) is 10.8 Å². The summed E-state index contributed by atoms with van der Waals surface area (Å²) >= 11 is 6.12. The highest BCUT2D eigenvalue weighted by molar-refractivity contribution is 6.32. The molecule has 0 spiro atoms. The van der Waals surface area contributed by atoms with Crippen molar-refractivity contribution in [1.82, 2.24) is 10.9 Å². The Hall–Kier alpha value is -2.54. The molecule has 0 saturated heterocycles. The topological polar surface area (TPSA) is 105 Å². The number of carboxylic acids is 1. The van der Waals surface area contributed by atoms with Gasteiger partial charge in [0.15, 0.2) is 6.61 Å². The Morgan fingerprint density at radius 1 is 1.07 bits per heavy atom. The molecular weight excluding hydrogens is 408 g/mol. The Bertz CT molecular complexity index is 899. The Balaban J connectivity index is 1.59. The zero-order chi connectivity index (χ0) is 22.2. The monoisotopic (exact) mass is 434 g/mol. The maximum absolute atomic E-state index is 12.8. The van der Waals surface area contributed by atoms with Crippen LogP contribution in [0.2, 0.25) is 5.02 Å². The maximum atomic E-state index is 12.8. The number of hydrogen-bond donors (Lipinski definition) is 3. The number of allylic oxidation sites excluding steroid dienone is 2. The van der Waals surface area contributed by atoms with E-state index in [4.69, 9.17) is 16.3 Å². The molecule has 4 atom stereocenters. The Morgan fingerprint density at radius 2 is 1.63 bits per heavy atom. The molecule has 2 bridgehead atoms. The highest BCUT2D eigenvalue weighted by Crippen LogP contribution is 2.57. The number of aryl methyl sites for hydroxylation is 2. The van der Waals surface area contributed by atoms with Crippen LogP contribution in [0.1, 0.15) is 37.8 Å². The molecule has 7 nitrogen and oxygen atoms in total. The van der Waals surface area contributed by atoms with E-state index < -0.39 is 29.6 Å². The van der Waals surface area contributed by atoms with Gasteiger partial charge in [0.2, 0.25) is 5.91 Å². The molecule has 0 radical (unpaired) electrons. The van der Waals surface area contributed by atoms with Crippen molar-refractivity contribution in [2.24, 2.45) is 23.7 Å². The molecule has 8 heteroatoms. The second-order valence-electron chi connectivity index (χ2n) is 8.33. The molecule has 30 heavy (non-hydrogen) atoms. The lowest BCUT2D eigenvalue weighted by Crippen LogP contribution is -2.49. The van der Waals surface area contributed by atoms with Crippen LogP contribution in [0.25, 0.3) is 0 Å². The zero-order valence-electron chi connectivity index (χ0n) is 17.5. The standard InChI is InChI=1S/C22H27ClN2O5/c1-10(2)17-14-5-6-15(17)19(22(28)29)18(14)21(27)25-24-16(26)9-30-13-7-11(3)20(23)12(4)8-13/h7-8,14-15,18-19H,5-6,9H2,1-4H3,(H,24,26)(H,25,27)(H,28,29)/t14-,15+,18-,19-/m1/s1. The minimum absolute atomic E-state index is 0.0886. The van der Waals surface area contributed by atoms with E-state index in [-0.39, 0.29) is 18.4 Å². The molecule has 3 rings (SSSR count). The first kappa shape index (κ1) is 22.2. The van der Waals surface area contributed by atoms with E-state index >= 15 is 0 Å². The van der Waals surface area contributed by atoms with Crippen molar-refractivity contribution < 1.29 is 24.2 Å². The number of fused-ring (bicyclic) bond motifs is 2. The number of carboxylic acid groups (broad SMARTS) is 1. The van der Waals surface area contributed by atoms with Crippen LogP contribution in [0, 0.1) is 37.5 Å². The first-order valence-corrected chi connectivity index (χ1v) is 10.4. The third-order valence-electron chi connectivity index (χ3n) is 6.11. The van der Waals surface area contributed by atoms with Gasteiger partial charge in [-0.2, -0.15) is 0 Å². The van der Waals surface area contributed by atoms with Gasteiger partial charge < -0.3 is 9.84 Å². The largest absolute Gasteiger partial charge is 0.484 e. The van der Waals surface area contributed by atoms with Gasteiger partial charge in [0.05, 0.1) is 11.8 Å². The lowest BCUT2D eigenvalue weighted by Gasteiger charge is -2.26. The predicted octanol–water partition coefficient (Wildman–Crippen LogP) is 3.18. The van der Waals surface area contributed by atoms with Crippen LogP contribution < -0.4 is 15.6 Å². The predicted molar refractivity (Wildman–Crippen MR) is 112 cm³/mol. The van der Waals surface area contributed by atoms with Gasteiger partial charge in [-0.3, -0.25) is 25.2 Å². The van der Waals surface area contributed by atoms with Crippen molar-refractivity contribution in [3.8, 4) is 5.75 Å². The molecule has 0 aromatic heterocycles. The van der Waals surface area contributed by atoms with Crippen molar-refractivity contribution in [2.75, 3.05) is 6.61 Å². The minimum atomic E-state index is -0.968. The smallest absolute Gasteiger partial charge is 0.307 e. The number of hydrogen-bond acceptors (Lipinski definition) is 4. The number of ether oxygens (including phenoxy) is 1. The van der Waals surface area contributed by atoms with E-state index in [1.165, 1.54) is 0 Å². The zero-order valence-corrected chi connectivity index (χ0v) is 18.3. The molecule has 1 aromatic carbocycles.